The van der Waals surface area contributed by atoms with Crippen LogP contribution in [0.1, 0.15) is 84.5 Å². The highest BCUT2D eigenvalue weighted by atomic mass is 16.1. The molecule has 0 aromatic rings. The normalized spacial score (nSPS) is 51.9. The minimum Gasteiger partial charge on any atom is -0.299 e. The second-order valence-electron chi connectivity index (χ2n) is 10.3. The number of rotatable bonds is 0. The second kappa shape index (κ2) is 5.08. The molecule has 4 fully saturated rings. The summed E-state index contributed by atoms with van der Waals surface area (Å²) < 4.78 is 0. The van der Waals surface area contributed by atoms with Crippen LogP contribution < -0.4 is 0 Å². The van der Waals surface area contributed by atoms with Gasteiger partial charge < -0.3 is 0 Å². The van der Waals surface area contributed by atoms with Crippen LogP contribution in [0.4, 0.5) is 0 Å². The van der Waals surface area contributed by atoms with Crippen molar-refractivity contribution >= 4 is 11.6 Å². The van der Waals surface area contributed by atoms with Crippen LogP contribution >= 0.6 is 0 Å². The average Bonchev–Trinajstić information content (AvgIpc) is 3.10. The van der Waals surface area contributed by atoms with Crippen LogP contribution in [0.3, 0.4) is 0 Å². The van der Waals surface area contributed by atoms with Gasteiger partial charge in [0, 0.05) is 18.3 Å². The fourth-order valence-corrected chi connectivity index (χ4v) is 8.49. The van der Waals surface area contributed by atoms with Crippen molar-refractivity contribution in [2.24, 2.45) is 34.0 Å². The average molecular weight is 341 g/mol. The van der Waals surface area contributed by atoms with Gasteiger partial charge in [0.2, 0.25) is 0 Å². The van der Waals surface area contributed by atoms with Crippen LogP contribution in [0.2, 0.25) is 0 Å². The van der Waals surface area contributed by atoms with E-state index in [9.17, 15) is 9.59 Å². The molecule has 0 heterocycles. The molecule has 6 atom stereocenters. The smallest absolute Gasteiger partial charge is 0.155 e. The molecule has 3 unspecified atom stereocenters. The van der Waals surface area contributed by atoms with Gasteiger partial charge in [0.15, 0.2) is 5.78 Å². The van der Waals surface area contributed by atoms with Gasteiger partial charge in [-0.05, 0) is 92.4 Å². The molecule has 2 nitrogen and oxygen atoms in total. The zero-order chi connectivity index (χ0) is 17.4. The van der Waals surface area contributed by atoms with E-state index in [1.807, 2.05) is 6.08 Å². The van der Waals surface area contributed by atoms with E-state index in [1.54, 1.807) is 0 Å². The summed E-state index contributed by atoms with van der Waals surface area (Å²) in [6, 6.07) is 0. The lowest BCUT2D eigenvalue weighted by Crippen LogP contribution is -2.53. The van der Waals surface area contributed by atoms with Gasteiger partial charge in [0.05, 0.1) is 0 Å². The maximum atomic E-state index is 12.9. The van der Waals surface area contributed by atoms with Crippen molar-refractivity contribution in [2.75, 3.05) is 0 Å². The van der Waals surface area contributed by atoms with E-state index < -0.39 is 0 Å². The first-order valence-electron chi connectivity index (χ1n) is 10.7. The summed E-state index contributed by atoms with van der Waals surface area (Å²) in [5.74, 6) is 3.21. The topological polar surface area (TPSA) is 34.1 Å². The molecule has 1 spiro atoms. The van der Waals surface area contributed by atoms with E-state index in [2.05, 4.69) is 13.8 Å². The number of hydrogen-bond acceptors (Lipinski definition) is 2. The third-order valence-corrected chi connectivity index (χ3v) is 9.87. The lowest BCUT2D eigenvalue weighted by atomic mass is 9.45. The minimum atomic E-state index is 0.0299. The zero-order valence-electron chi connectivity index (χ0n) is 15.9. The Morgan fingerprint density at radius 1 is 0.880 bits per heavy atom. The number of ketones is 2. The van der Waals surface area contributed by atoms with Crippen molar-refractivity contribution in [3.8, 4) is 0 Å². The Labute approximate surface area is 151 Å². The molecule has 136 valence electrons. The third-order valence-electron chi connectivity index (χ3n) is 9.87. The minimum absolute atomic E-state index is 0.0299. The number of carbonyl (C=O) groups is 2. The molecule has 0 N–H and O–H groups in total. The second-order valence-corrected chi connectivity index (χ2v) is 10.3. The van der Waals surface area contributed by atoms with E-state index >= 15 is 0 Å². The van der Waals surface area contributed by atoms with Crippen molar-refractivity contribution in [2.45, 2.75) is 84.5 Å². The molecule has 0 aromatic heterocycles. The largest absolute Gasteiger partial charge is 0.299 e. The van der Waals surface area contributed by atoms with Crippen LogP contribution in [-0.2, 0) is 9.59 Å². The van der Waals surface area contributed by atoms with Gasteiger partial charge in [-0.3, -0.25) is 9.59 Å². The van der Waals surface area contributed by atoms with Crippen molar-refractivity contribution < 1.29 is 9.59 Å². The Morgan fingerprint density at radius 3 is 2.44 bits per heavy atom. The quantitative estimate of drug-likeness (QED) is 0.603. The van der Waals surface area contributed by atoms with Crippen molar-refractivity contribution in [3.05, 3.63) is 11.6 Å². The molecule has 0 aromatic carbocycles. The van der Waals surface area contributed by atoms with Gasteiger partial charge >= 0.3 is 0 Å². The summed E-state index contributed by atoms with van der Waals surface area (Å²) in [6.07, 6.45) is 14.3. The van der Waals surface area contributed by atoms with Crippen LogP contribution in [0.15, 0.2) is 11.6 Å². The first kappa shape index (κ1) is 16.3. The summed E-state index contributed by atoms with van der Waals surface area (Å²) in [5, 5.41) is 0. The summed E-state index contributed by atoms with van der Waals surface area (Å²) in [6.45, 7) is 4.94. The molecular weight excluding hydrogens is 308 g/mol. The highest BCUT2D eigenvalue weighted by Crippen LogP contribution is 2.72. The molecule has 5 aliphatic carbocycles. The molecule has 2 heteroatoms. The highest BCUT2D eigenvalue weighted by Gasteiger charge is 2.66. The molecule has 0 aliphatic heterocycles. The maximum absolute atomic E-state index is 12.9. The van der Waals surface area contributed by atoms with E-state index in [1.165, 1.54) is 31.3 Å². The molecule has 0 saturated heterocycles. The SMILES string of the molecule is C[C@@]12CCC(=O)C=C1CCC1C3CCC4(CCCC4=O)[C@]3(C)CC[C@@H]12. The van der Waals surface area contributed by atoms with Crippen molar-refractivity contribution in [1.29, 1.82) is 0 Å². The molecule has 5 rings (SSSR count). The highest BCUT2D eigenvalue weighted by molar-refractivity contribution is 5.91. The summed E-state index contributed by atoms with van der Waals surface area (Å²) in [5.41, 5.74) is 2.00. The molecule has 5 aliphatic rings. The van der Waals surface area contributed by atoms with Gasteiger partial charge in [-0.15, -0.1) is 0 Å². The summed E-state index contributed by atoms with van der Waals surface area (Å²) in [4.78, 5) is 24.8. The number of Topliss-reactive ketones (excluding diaryl/α,β-unsaturated/α-hetero) is 1. The van der Waals surface area contributed by atoms with E-state index in [0.29, 0.717) is 11.6 Å². The van der Waals surface area contributed by atoms with Crippen molar-refractivity contribution in [3.63, 3.8) is 0 Å². The molecular formula is C23H32O2. The van der Waals surface area contributed by atoms with E-state index in [4.69, 9.17) is 0 Å². The van der Waals surface area contributed by atoms with E-state index in [-0.39, 0.29) is 16.2 Å². The Bertz CT molecular complexity index is 676. The van der Waals surface area contributed by atoms with Crippen LogP contribution in [-0.4, -0.2) is 11.6 Å². The molecule has 0 radical (unpaired) electrons. The van der Waals surface area contributed by atoms with Crippen LogP contribution in [0, 0.1) is 34.0 Å². The summed E-state index contributed by atoms with van der Waals surface area (Å²) >= 11 is 0. The van der Waals surface area contributed by atoms with Crippen molar-refractivity contribution in [1.82, 2.24) is 0 Å². The number of hydrogen-bond donors (Lipinski definition) is 0. The van der Waals surface area contributed by atoms with Gasteiger partial charge in [-0.1, -0.05) is 19.4 Å². The molecule has 0 amide bonds. The van der Waals surface area contributed by atoms with Crippen LogP contribution in [0.5, 0.6) is 0 Å². The van der Waals surface area contributed by atoms with E-state index in [0.717, 1.165) is 62.7 Å². The molecule has 25 heavy (non-hydrogen) atoms. The first-order valence-corrected chi connectivity index (χ1v) is 10.7. The fourth-order valence-electron chi connectivity index (χ4n) is 8.49. The summed E-state index contributed by atoms with van der Waals surface area (Å²) in [7, 11) is 0. The molecule has 4 saturated carbocycles. The zero-order valence-corrected chi connectivity index (χ0v) is 15.9. The third kappa shape index (κ3) is 1.87. The molecule has 0 bridgehead atoms. The maximum Gasteiger partial charge on any atom is 0.155 e. The van der Waals surface area contributed by atoms with Crippen LogP contribution in [0.25, 0.3) is 0 Å². The van der Waals surface area contributed by atoms with Gasteiger partial charge in [0.25, 0.3) is 0 Å². The predicted molar refractivity (Wildman–Crippen MR) is 98.0 cm³/mol. The Balaban J connectivity index is 1.51. The number of fused-ring (bicyclic) bond motifs is 6. The Morgan fingerprint density at radius 2 is 1.68 bits per heavy atom. The lowest BCUT2D eigenvalue weighted by molar-refractivity contribution is -0.139. The number of carbonyl (C=O) groups excluding carboxylic acids is 2. The van der Waals surface area contributed by atoms with Gasteiger partial charge in [-0.25, -0.2) is 0 Å². The predicted octanol–water partition coefficient (Wildman–Crippen LogP) is 5.26. The monoisotopic (exact) mass is 340 g/mol. The Hall–Kier alpha value is -0.920. The lowest BCUT2D eigenvalue weighted by Gasteiger charge is -2.59. The number of allylic oxidation sites excluding steroid dienone is 1. The fraction of sp³-hybridized carbons (Fsp3) is 0.826. The Kier molecular flexibility index (Phi) is 3.30. The van der Waals surface area contributed by atoms with Gasteiger partial charge in [0.1, 0.15) is 5.78 Å². The van der Waals surface area contributed by atoms with Gasteiger partial charge in [-0.2, -0.15) is 0 Å². The first-order chi connectivity index (χ1) is 11.9. The standard InChI is InChI=1S/C23H32O2/c1-21-11-7-16(24)14-15(21)5-6-17-18(21)8-12-22(2)19(17)9-13-23(22)10-3-4-20(23)25/h14,17-19H,3-13H2,1-2H3/t17?,18-,19?,21+,22+,23?/m0/s1.